The van der Waals surface area contributed by atoms with E-state index in [0.717, 1.165) is 16.8 Å². The molecule has 2 N–H and O–H groups in total. The van der Waals surface area contributed by atoms with E-state index in [0.29, 0.717) is 5.69 Å². The smallest absolute Gasteiger partial charge is 0.265 e. The van der Waals surface area contributed by atoms with Crippen molar-refractivity contribution < 1.29 is 8.42 Å². The van der Waals surface area contributed by atoms with Gasteiger partial charge in [0.2, 0.25) is 0 Å². The summed E-state index contributed by atoms with van der Waals surface area (Å²) in [4.78, 5) is 4.31. The van der Waals surface area contributed by atoms with Gasteiger partial charge in [-0.3, -0.25) is 4.72 Å². The molecule has 0 amide bonds. The molecule has 0 radical (unpaired) electrons. The van der Waals surface area contributed by atoms with E-state index in [-0.39, 0.29) is 10.7 Å². The summed E-state index contributed by atoms with van der Waals surface area (Å²) >= 11 is 0. The third-order valence-electron chi connectivity index (χ3n) is 4.13. The van der Waals surface area contributed by atoms with Crippen molar-refractivity contribution in [3.63, 3.8) is 0 Å². The van der Waals surface area contributed by atoms with Crippen LogP contribution < -0.4 is 10.0 Å². The summed E-state index contributed by atoms with van der Waals surface area (Å²) in [6.45, 7) is 5.99. The second kappa shape index (κ2) is 7.17. The highest BCUT2D eigenvalue weighted by Gasteiger charge is 2.19. The maximum absolute atomic E-state index is 12.8. The van der Waals surface area contributed by atoms with Crippen molar-refractivity contribution in [2.24, 2.45) is 0 Å². The van der Waals surface area contributed by atoms with Gasteiger partial charge in [-0.2, -0.15) is 0 Å². The van der Waals surface area contributed by atoms with Crippen LogP contribution in [0.2, 0.25) is 0 Å². The number of sulfonamides is 1. The first-order valence-corrected chi connectivity index (χ1v) is 9.72. The van der Waals surface area contributed by atoms with Crippen LogP contribution in [0.5, 0.6) is 0 Å². The molecule has 1 aromatic heterocycles. The van der Waals surface area contributed by atoms with E-state index < -0.39 is 10.0 Å². The summed E-state index contributed by atoms with van der Waals surface area (Å²) in [6.07, 6.45) is 1.56. The molecular formula is C20H21N3O2S. The minimum absolute atomic E-state index is 0.0961. The fourth-order valence-electron chi connectivity index (χ4n) is 2.49. The first kappa shape index (κ1) is 17.9. The predicted octanol–water partition coefficient (Wildman–Crippen LogP) is 4.55. The van der Waals surface area contributed by atoms with Crippen LogP contribution in [-0.4, -0.2) is 13.4 Å². The summed E-state index contributed by atoms with van der Waals surface area (Å²) in [5, 5.41) is 3.11. The minimum atomic E-state index is -3.77. The number of nitrogens with zero attached hydrogens (tertiary/aromatic N) is 1. The van der Waals surface area contributed by atoms with Crippen LogP contribution in [-0.2, 0) is 10.0 Å². The number of benzene rings is 2. The van der Waals surface area contributed by atoms with Crippen molar-refractivity contribution in [3.8, 4) is 0 Å². The molecule has 0 saturated carbocycles. The zero-order chi connectivity index (χ0) is 18.7. The Morgan fingerprint density at radius 2 is 1.54 bits per heavy atom. The number of aryl methyl sites for hydroxylation is 3. The van der Waals surface area contributed by atoms with Crippen molar-refractivity contribution in [1.29, 1.82) is 0 Å². The number of anilines is 3. The molecule has 2 aromatic carbocycles. The Morgan fingerprint density at radius 3 is 2.23 bits per heavy atom. The molecule has 6 heteroatoms. The van der Waals surface area contributed by atoms with Crippen molar-refractivity contribution >= 4 is 27.2 Å². The quantitative estimate of drug-likeness (QED) is 0.694. The minimum Gasteiger partial charge on any atom is -0.339 e. The number of hydrogen-bond acceptors (Lipinski definition) is 4. The van der Waals surface area contributed by atoms with Crippen LogP contribution in [0.4, 0.5) is 17.2 Å². The fourth-order valence-corrected chi connectivity index (χ4v) is 3.66. The molecule has 5 nitrogen and oxygen atoms in total. The van der Waals surface area contributed by atoms with Crippen molar-refractivity contribution in [2.75, 3.05) is 10.0 Å². The van der Waals surface area contributed by atoms with Gasteiger partial charge in [-0.1, -0.05) is 23.8 Å². The lowest BCUT2D eigenvalue weighted by molar-refractivity contribution is 0.601. The number of hydrogen-bond donors (Lipinski definition) is 2. The van der Waals surface area contributed by atoms with E-state index in [1.165, 1.54) is 11.6 Å². The lowest BCUT2D eigenvalue weighted by Gasteiger charge is -2.14. The van der Waals surface area contributed by atoms with E-state index >= 15 is 0 Å². The largest absolute Gasteiger partial charge is 0.339 e. The zero-order valence-electron chi connectivity index (χ0n) is 14.9. The molecule has 0 atom stereocenters. The van der Waals surface area contributed by atoms with Crippen LogP contribution in [0, 0.1) is 20.8 Å². The maximum atomic E-state index is 12.8. The highest BCUT2D eigenvalue weighted by atomic mass is 32.2. The standard InChI is InChI=1S/C20H21N3O2S/c1-14-6-9-17(10-7-14)23-26(24,25)19-5-4-12-21-20(19)22-18-11-8-15(2)16(3)13-18/h4-13,23H,1-3H3,(H,21,22). The van der Waals surface area contributed by atoms with E-state index in [1.807, 2.05) is 51.1 Å². The average molecular weight is 367 g/mol. The van der Waals surface area contributed by atoms with Crippen LogP contribution in [0.3, 0.4) is 0 Å². The summed E-state index contributed by atoms with van der Waals surface area (Å²) < 4.78 is 28.3. The van der Waals surface area contributed by atoms with E-state index in [9.17, 15) is 8.42 Å². The van der Waals surface area contributed by atoms with Gasteiger partial charge >= 0.3 is 0 Å². The molecule has 0 aliphatic rings. The molecule has 0 spiro atoms. The van der Waals surface area contributed by atoms with Crippen LogP contribution in [0.15, 0.2) is 65.7 Å². The van der Waals surface area contributed by atoms with E-state index in [4.69, 9.17) is 0 Å². The molecular weight excluding hydrogens is 346 g/mol. The number of aromatic nitrogens is 1. The Bertz CT molecular complexity index is 1030. The lowest BCUT2D eigenvalue weighted by atomic mass is 10.1. The van der Waals surface area contributed by atoms with Gasteiger partial charge in [0.05, 0.1) is 0 Å². The van der Waals surface area contributed by atoms with Crippen molar-refractivity contribution in [3.05, 3.63) is 77.5 Å². The average Bonchev–Trinajstić information content (AvgIpc) is 2.60. The van der Waals surface area contributed by atoms with E-state index in [2.05, 4.69) is 15.0 Å². The van der Waals surface area contributed by atoms with Crippen molar-refractivity contribution in [1.82, 2.24) is 4.98 Å². The van der Waals surface area contributed by atoms with Gasteiger partial charge in [0, 0.05) is 17.6 Å². The molecule has 0 saturated heterocycles. The first-order valence-electron chi connectivity index (χ1n) is 8.24. The fraction of sp³-hybridized carbons (Fsp3) is 0.150. The molecule has 134 valence electrons. The van der Waals surface area contributed by atoms with Gasteiger partial charge in [-0.05, 0) is 68.3 Å². The molecule has 26 heavy (non-hydrogen) atoms. The number of rotatable bonds is 5. The van der Waals surface area contributed by atoms with Gasteiger partial charge in [0.15, 0.2) is 5.82 Å². The topological polar surface area (TPSA) is 71.1 Å². The zero-order valence-corrected chi connectivity index (χ0v) is 15.8. The molecule has 0 unspecified atom stereocenters. The van der Waals surface area contributed by atoms with Crippen LogP contribution >= 0.6 is 0 Å². The summed E-state index contributed by atoms with van der Waals surface area (Å²) in [6, 6.07) is 16.2. The third kappa shape index (κ3) is 4.03. The van der Waals surface area contributed by atoms with Gasteiger partial charge in [-0.25, -0.2) is 13.4 Å². The van der Waals surface area contributed by atoms with E-state index in [1.54, 1.807) is 24.4 Å². The lowest BCUT2D eigenvalue weighted by Crippen LogP contribution is -2.15. The summed E-state index contributed by atoms with van der Waals surface area (Å²) in [5.74, 6) is 0.287. The third-order valence-corrected chi connectivity index (χ3v) is 5.55. The molecule has 0 aliphatic carbocycles. The van der Waals surface area contributed by atoms with Crippen LogP contribution in [0.25, 0.3) is 0 Å². The SMILES string of the molecule is Cc1ccc(NS(=O)(=O)c2cccnc2Nc2ccc(C)c(C)c2)cc1. The number of nitrogens with one attached hydrogen (secondary N) is 2. The number of pyridine rings is 1. The Kier molecular flexibility index (Phi) is 4.95. The molecule has 1 heterocycles. The molecule has 0 fully saturated rings. The second-order valence-corrected chi connectivity index (χ2v) is 7.90. The molecule has 3 aromatic rings. The molecule has 3 rings (SSSR count). The first-order chi connectivity index (χ1) is 12.3. The Hall–Kier alpha value is -2.86. The Labute approximate surface area is 154 Å². The van der Waals surface area contributed by atoms with Gasteiger partial charge in [-0.15, -0.1) is 0 Å². The highest BCUT2D eigenvalue weighted by molar-refractivity contribution is 7.92. The maximum Gasteiger partial charge on any atom is 0.265 e. The van der Waals surface area contributed by atoms with Gasteiger partial charge in [0.1, 0.15) is 4.90 Å². The second-order valence-electron chi connectivity index (χ2n) is 6.25. The van der Waals surface area contributed by atoms with Gasteiger partial charge < -0.3 is 5.32 Å². The van der Waals surface area contributed by atoms with Gasteiger partial charge in [0.25, 0.3) is 10.0 Å². The normalized spacial score (nSPS) is 11.2. The monoisotopic (exact) mass is 367 g/mol. The molecule has 0 aliphatic heterocycles. The Morgan fingerprint density at radius 1 is 0.846 bits per heavy atom. The highest BCUT2D eigenvalue weighted by Crippen LogP contribution is 2.25. The molecule has 0 bridgehead atoms. The summed E-state index contributed by atoms with van der Waals surface area (Å²) in [5.41, 5.74) is 4.65. The van der Waals surface area contributed by atoms with Crippen molar-refractivity contribution in [2.45, 2.75) is 25.7 Å². The summed E-state index contributed by atoms with van der Waals surface area (Å²) in [7, 11) is -3.77. The van der Waals surface area contributed by atoms with Crippen LogP contribution in [0.1, 0.15) is 16.7 Å². The predicted molar refractivity (Wildman–Crippen MR) is 105 cm³/mol. The Balaban J connectivity index is 1.92.